The van der Waals surface area contributed by atoms with Gasteiger partial charge in [-0.1, -0.05) is 0 Å². The van der Waals surface area contributed by atoms with Crippen LogP contribution < -0.4 is 11.1 Å². The Hall–Kier alpha value is -1.91. The van der Waals surface area contributed by atoms with Crippen LogP contribution in [-0.4, -0.2) is 19.8 Å². The maximum Gasteiger partial charge on any atom is 0.264 e. The molecule has 0 unspecified atom stereocenters. The van der Waals surface area contributed by atoms with Crippen LogP contribution in [-0.2, 0) is 6.42 Å². The van der Waals surface area contributed by atoms with Gasteiger partial charge in [-0.05, 0) is 29.7 Å². The van der Waals surface area contributed by atoms with E-state index in [0.717, 1.165) is 24.2 Å². The number of halogens is 2. The first kappa shape index (κ1) is 12.5. The van der Waals surface area contributed by atoms with E-state index in [2.05, 4.69) is 10.3 Å². The summed E-state index contributed by atoms with van der Waals surface area (Å²) in [6.07, 6.45) is 1.11. The van der Waals surface area contributed by atoms with Gasteiger partial charge in [-0.3, -0.25) is 4.99 Å². The van der Waals surface area contributed by atoms with Gasteiger partial charge in [-0.15, -0.1) is 0 Å². The SMILES string of the molecule is CN=C/C(=C\N)c1cc2c(cc1C(F)F)NCC2. The van der Waals surface area contributed by atoms with Crippen molar-refractivity contribution in [3.05, 3.63) is 35.0 Å². The summed E-state index contributed by atoms with van der Waals surface area (Å²) in [5.41, 5.74) is 8.28. The van der Waals surface area contributed by atoms with Crippen molar-refractivity contribution in [3.8, 4) is 0 Å². The topological polar surface area (TPSA) is 50.4 Å². The van der Waals surface area contributed by atoms with Crippen molar-refractivity contribution in [3.63, 3.8) is 0 Å². The fourth-order valence-electron chi connectivity index (χ4n) is 2.14. The van der Waals surface area contributed by atoms with Crippen LogP contribution >= 0.6 is 0 Å². The molecule has 0 radical (unpaired) electrons. The largest absolute Gasteiger partial charge is 0.404 e. The minimum Gasteiger partial charge on any atom is -0.404 e. The third-order valence-electron chi connectivity index (χ3n) is 2.98. The van der Waals surface area contributed by atoms with Gasteiger partial charge in [0.25, 0.3) is 6.43 Å². The molecule has 1 aromatic carbocycles. The zero-order valence-corrected chi connectivity index (χ0v) is 10.1. The Morgan fingerprint density at radius 2 is 2.28 bits per heavy atom. The highest BCUT2D eigenvalue weighted by Crippen LogP contribution is 2.34. The number of nitrogens with zero attached hydrogens (tertiary/aromatic N) is 1. The molecule has 96 valence electrons. The molecule has 3 N–H and O–H groups in total. The average molecular weight is 251 g/mol. The van der Waals surface area contributed by atoms with Crippen LogP contribution in [0.3, 0.4) is 0 Å². The summed E-state index contributed by atoms with van der Waals surface area (Å²) in [5.74, 6) is 0. The predicted molar refractivity (Wildman–Crippen MR) is 70.2 cm³/mol. The Labute approximate surface area is 104 Å². The second-order valence-electron chi connectivity index (χ2n) is 4.08. The molecule has 0 fully saturated rings. The number of alkyl halides is 2. The number of hydrogen-bond acceptors (Lipinski definition) is 3. The smallest absolute Gasteiger partial charge is 0.264 e. The standard InChI is InChI=1S/C13H15F2N3/c1-17-7-9(6-16)10-4-8-2-3-18-12(8)5-11(10)13(14)15/h4-7,13,18H,2-3,16H2,1H3/b9-6+,17-7?. The Bertz CT molecular complexity index is 507. The van der Waals surface area contributed by atoms with E-state index in [9.17, 15) is 8.78 Å². The van der Waals surface area contributed by atoms with Crippen LogP contribution in [0.15, 0.2) is 23.3 Å². The molecule has 0 atom stereocenters. The van der Waals surface area contributed by atoms with Gasteiger partial charge in [0.05, 0.1) is 0 Å². The number of nitrogens with two attached hydrogens (primary N) is 1. The Morgan fingerprint density at radius 3 is 2.89 bits per heavy atom. The lowest BCUT2D eigenvalue weighted by molar-refractivity contribution is 0.151. The highest BCUT2D eigenvalue weighted by atomic mass is 19.3. The second kappa shape index (κ2) is 5.16. The summed E-state index contributed by atoms with van der Waals surface area (Å²) >= 11 is 0. The lowest BCUT2D eigenvalue weighted by atomic mass is 9.97. The molecule has 0 aliphatic carbocycles. The molecule has 0 amide bonds. The Morgan fingerprint density at radius 1 is 1.50 bits per heavy atom. The maximum atomic E-state index is 13.1. The van der Waals surface area contributed by atoms with E-state index in [1.807, 2.05) is 0 Å². The number of aliphatic imine (C=N–C) groups is 1. The summed E-state index contributed by atoms with van der Waals surface area (Å²) in [4.78, 5) is 3.84. The third kappa shape index (κ3) is 2.20. The third-order valence-corrected chi connectivity index (χ3v) is 2.98. The first-order valence-corrected chi connectivity index (χ1v) is 5.70. The number of benzene rings is 1. The first-order valence-electron chi connectivity index (χ1n) is 5.70. The van der Waals surface area contributed by atoms with Gasteiger partial charge >= 0.3 is 0 Å². The van der Waals surface area contributed by atoms with E-state index in [1.54, 1.807) is 13.1 Å². The molecule has 0 spiro atoms. The zero-order chi connectivity index (χ0) is 13.1. The number of hydrogen-bond donors (Lipinski definition) is 2. The predicted octanol–water partition coefficient (Wildman–Crippen LogP) is 2.59. The summed E-state index contributed by atoms with van der Waals surface area (Å²) in [6.45, 7) is 0.783. The number of nitrogens with one attached hydrogen (secondary N) is 1. The quantitative estimate of drug-likeness (QED) is 0.811. The summed E-state index contributed by atoms with van der Waals surface area (Å²) < 4.78 is 26.2. The fraction of sp³-hybridized carbons (Fsp3) is 0.308. The van der Waals surface area contributed by atoms with Crippen LogP contribution in [0.5, 0.6) is 0 Å². The highest BCUT2D eigenvalue weighted by Gasteiger charge is 2.20. The van der Waals surface area contributed by atoms with Crippen molar-refractivity contribution in [2.24, 2.45) is 10.7 Å². The number of anilines is 1. The van der Waals surface area contributed by atoms with Crippen LogP contribution in [0.25, 0.3) is 5.57 Å². The molecule has 0 saturated carbocycles. The molecule has 1 aliphatic rings. The minimum absolute atomic E-state index is 0.0141. The molecule has 18 heavy (non-hydrogen) atoms. The van der Waals surface area contributed by atoms with E-state index < -0.39 is 6.43 Å². The lowest BCUT2D eigenvalue weighted by Gasteiger charge is -2.12. The van der Waals surface area contributed by atoms with Gasteiger partial charge < -0.3 is 11.1 Å². The highest BCUT2D eigenvalue weighted by molar-refractivity contribution is 6.10. The monoisotopic (exact) mass is 251 g/mol. The van der Waals surface area contributed by atoms with Crippen molar-refractivity contribution in [2.75, 3.05) is 18.9 Å². The van der Waals surface area contributed by atoms with Gasteiger partial charge in [0.1, 0.15) is 0 Å². The number of allylic oxidation sites excluding steroid dienone is 1. The Kier molecular flexibility index (Phi) is 3.60. The number of fused-ring (bicyclic) bond motifs is 1. The fourth-order valence-corrected chi connectivity index (χ4v) is 2.14. The normalized spacial score (nSPS) is 15.2. The van der Waals surface area contributed by atoms with Crippen LogP contribution in [0, 0.1) is 0 Å². The summed E-state index contributed by atoms with van der Waals surface area (Å²) in [5, 5.41) is 3.09. The molecule has 2 rings (SSSR count). The molecule has 3 nitrogen and oxygen atoms in total. The number of rotatable bonds is 3. The van der Waals surface area contributed by atoms with Gasteiger partial charge in [0, 0.05) is 42.8 Å². The van der Waals surface area contributed by atoms with E-state index in [4.69, 9.17) is 5.73 Å². The lowest BCUT2D eigenvalue weighted by Crippen LogP contribution is -2.00. The van der Waals surface area contributed by atoms with E-state index in [0.29, 0.717) is 11.1 Å². The van der Waals surface area contributed by atoms with Crippen LogP contribution in [0.2, 0.25) is 0 Å². The van der Waals surface area contributed by atoms with Gasteiger partial charge in [0.2, 0.25) is 0 Å². The van der Waals surface area contributed by atoms with Crippen LogP contribution in [0.4, 0.5) is 14.5 Å². The van der Waals surface area contributed by atoms with E-state index in [-0.39, 0.29) is 5.56 Å². The van der Waals surface area contributed by atoms with Gasteiger partial charge in [0.15, 0.2) is 0 Å². The molecule has 1 heterocycles. The summed E-state index contributed by atoms with van der Waals surface area (Å²) in [7, 11) is 1.58. The van der Waals surface area contributed by atoms with E-state index >= 15 is 0 Å². The van der Waals surface area contributed by atoms with Gasteiger partial charge in [-0.2, -0.15) is 0 Å². The molecule has 5 heteroatoms. The molecule has 0 bridgehead atoms. The van der Waals surface area contributed by atoms with Crippen molar-refractivity contribution < 1.29 is 8.78 Å². The molecular weight excluding hydrogens is 236 g/mol. The van der Waals surface area contributed by atoms with Crippen molar-refractivity contribution in [2.45, 2.75) is 12.8 Å². The molecule has 0 saturated heterocycles. The zero-order valence-electron chi connectivity index (χ0n) is 10.1. The molecule has 1 aliphatic heterocycles. The first-order chi connectivity index (χ1) is 8.67. The molecular formula is C13H15F2N3. The van der Waals surface area contributed by atoms with Crippen molar-refractivity contribution in [1.29, 1.82) is 0 Å². The van der Waals surface area contributed by atoms with Crippen molar-refractivity contribution in [1.82, 2.24) is 0 Å². The van der Waals surface area contributed by atoms with Crippen LogP contribution in [0.1, 0.15) is 23.1 Å². The maximum absolute atomic E-state index is 13.1. The van der Waals surface area contributed by atoms with Crippen molar-refractivity contribution >= 4 is 17.5 Å². The Balaban J connectivity index is 2.57. The minimum atomic E-state index is -2.53. The average Bonchev–Trinajstić information content (AvgIpc) is 2.81. The summed E-state index contributed by atoms with van der Waals surface area (Å²) in [6, 6.07) is 3.28. The molecule has 1 aromatic rings. The molecule has 0 aromatic heterocycles. The van der Waals surface area contributed by atoms with Gasteiger partial charge in [-0.25, -0.2) is 8.78 Å². The second-order valence-corrected chi connectivity index (χ2v) is 4.08. The van der Waals surface area contributed by atoms with E-state index in [1.165, 1.54) is 18.5 Å².